The molecule has 1 aromatic heterocycles. The summed E-state index contributed by atoms with van der Waals surface area (Å²) in [5.74, 6) is 0.384. The minimum atomic E-state index is -4.82. The molecule has 3 N–H and O–H groups in total. The second kappa shape index (κ2) is 7.79. The highest BCUT2D eigenvalue weighted by Crippen LogP contribution is 2.29. The summed E-state index contributed by atoms with van der Waals surface area (Å²) in [5.41, 5.74) is -1.46. The van der Waals surface area contributed by atoms with Gasteiger partial charge < -0.3 is 24.4 Å². The smallest absolute Gasteiger partial charge is 0.295 e. The van der Waals surface area contributed by atoms with E-state index in [-0.39, 0.29) is 5.88 Å². The maximum Gasteiger partial charge on any atom is 0.295 e. The lowest BCUT2D eigenvalue weighted by Gasteiger charge is -2.40. The summed E-state index contributed by atoms with van der Waals surface area (Å²) in [7, 11) is -4.82. The molecule has 0 saturated carbocycles. The zero-order valence-electron chi connectivity index (χ0n) is 14.2. The molecule has 1 aliphatic rings. The van der Waals surface area contributed by atoms with Gasteiger partial charge >= 0.3 is 0 Å². The number of benzene rings is 1. The number of rotatable bonds is 5. The molecule has 10 heteroatoms. The molecule has 2 heterocycles. The second-order valence-electron chi connectivity index (χ2n) is 6.01. The number of hydrogen-bond acceptors (Lipinski definition) is 8. The standard InChI is InChI=1S/C17H19NO8S/c1-10-6-5-9-18-15(10)25-14-12(19)16(24-11-7-3-2-4-8-11)26-17(13(14)20)27(21,22)23/h2-9,12-14,16-17,19-20H,1H3,(H,21,22,23)/t12-,13+,14-,16-,17?/m0/s1. The van der Waals surface area contributed by atoms with E-state index < -0.39 is 40.2 Å². The van der Waals surface area contributed by atoms with E-state index in [1.807, 2.05) is 0 Å². The normalized spacial score (nSPS) is 28.5. The summed E-state index contributed by atoms with van der Waals surface area (Å²) in [6.45, 7) is 1.69. The Balaban J connectivity index is 1.90. The number of pyridine rings is 1. The van der Waals surface area contributed by atoms with Crippen LogP contribution in [0.2, 0.25) is 0 Å². The van der Waals surface area contributed by atoms with Crippen molar-refractivity contribution < 1.29 is 37.4 Å². The lowest BCUT2D eigenvalue weighted by molar-refractivity contribution is -0.249. The number of aryl methyl sites for hydroxylation is 1. The molecule has 0 spiro atoms. The number of nitrogens with zero attached hydrogens (tertiary/aromatic N) is 1. The highest BCUT2D eigenvalue weighted by Gasteiger charge is 2.52. The van der Waals surface area contributed by atoms with E-state index in [1.165, 1.54) is 6.20 Å². The lowest BCUT2D eigenvalue weighted by atomic mass is 10.0. The van der Waals surface area contributed by atoms with E-state index in [0.29, 0.717) is 11.3 Å². The van der Waals surface area contributed by atoms with Crippen molar-refractivity contribution in [2.75, 3.05) is 0 Å². The molecule has 1 saturated heterocycles. The Morgan fingerprint density at radius 1 is 1.04 bits per heavy atom. The molecule has 2 aromatic rings. The minimum Gasteiger partial charge on any atom is -0.468 e. The van der Waals surface area contributed by atoms with Gasteiger partial charge in [-0.2, -0.15) is 8.42 Å². The van der Waals surface area contributed by atoms with Crippen molar-refractivity contribution in [2.24, 2.45) is 0 Å². The van der Waals surface area contributed by atoms with E-state index in [2.05, 4.69) is 4.98 Å². The van der Waals surface area contributed by atoms with Crippen molar-refractivity contribution in [2.45, 2.75) is 37.0 Å². The Morgan fingerprint density at radius 3 is 2.37 bits per heavy atom. The SMILES string of the molecule is Cc1cccnc1O[C@H]1[C@H](O)[C@@H](Oc2ccccc2)OC(S(=O)(=O)O)[C@@H]1O. The zero-order valence-corrected chi connectivity index (χ0v) is 15.1. The maximum absolute atomic E-state index is 11.6. The molecular weight excluding hydrogens is 378 g/mol. The minimum absolute atomic E-state index is 0.0926. The third-order valence-electron chi connectivity index (χ3n) is 4.00. The van der Waals surface area contributed by atoms with E-state index in [0.717, 1.165) is 0 Å². The molecule has 1 aromatic carbocycles. The maximum atomic E-state index is 11.6. The molecule has 0 aliphatic carbocycles. The average molecular weight is 397 g/mol. The Hall–Kier alpha value is -2.24. The first-order valence-electron chi connectivity index (χ1n) is 8.05. The van der Waals surface area contributed by atoms with Gasteiger partial charge in [0.05, 0.1) is 0 Å². The van der Waals surface area contributed by atoms with Gasteiger partial charge in [0.25, 0.3) is 10.1 Å². The first-order valence-corrected chi connectivity index (χ1v) is 9.55. The number of aliphatic hydroxyl groups is 2. The Bertz CT molecular complexity index is 876. The van der Waals surface area contributed by atoms with Gasteiger partial charge in [0.2, 0.25) is 17.6 Å². The van der Waals surface area contributed by atoms with Gasteiger partial charge in [-0.1, -0.05) is 24.3 Å². The van der Waals surface area contributed by atoms with Crippen molar-refractivity contribution in [3.63, 3.8) is 0 Å². The van der Waals surface area contributed by atoms with Crippen LogP contribution in [0.25, 0.3) is 0 Å². The van der Waals surface area contributed by atoms with Crippen LogP contribution in [-0.2, 0) is 14.9 Å². The summed E-state index contributed by atoms with van der Waals surface area (Å²) in [5, 5.41) is 20.9. The Kier molecular flexibility index (Phi) is 5.63. The number of hydrogen-bond donors (Lipinski definition) is 3. The second-order valence-corrected chi connectivity index (χ2v) is 7.50. The van der Waals surface area contributed by atoms with Gasteiger partial charge in [0.1, 0.15) is 11.9 Å². The van der Waals surface area contributed by atoms with Crippen LogP contribution >= 0.6 is 0 Å². The first-order chi connectivity index (χ1) is 12.8. The van der Waals surface area contributed by atoms with E-state index >= 15 is 0 Å². The van der Waals surface area contributed by atoms with Crippen molar-refractivity contribution >= 4 is 10.1 Å². The summed E-state index contributed by atoms with van der Waals surface area (Å²) in [6, 6.07) is 11.6. The van der Waals surface area contributed by atoms with Crippen LogP contribution in [0.15, 0.2) is 48.7 Å². The number of aromatic nitrogens is 1. The van der Waals surface area contributed by atoms with Gasteiger partial charge in [-0.25, -0.2) is 4.98 Å². The summed E-state index contributed by atoms with van der Waals surface area (Å²) in [4.78, 5) is 4.00. The molecule has 5 atom stereocenters. The van der Waals surface area contributed by atoms with Crippen molar-refractivity contribution in [3.8, 4) is 11.6 Å². The monoisotopic (exact) mass is 397 g/mol. The van der Waals surface area contributed by atoms with Crippen LogP contribution in [0.4, 0.5) is 0 Å². The van der Waals surface area contributed by atoms with Crippen molar-refractivity contribution in [3.05, 3.63) is 54.2 Å². The fourth-order valence-corrected chi connectivity index (χ4v) is 3.40. The first kappa shape index (κ1) is 19.5. The summed E-state index contributed by atoms with van der Waals surface area (Å²) >= 11 is 0. The summed E-state index contributed by atoms with van der Waals surface area (Å²) < 4.78 is 48.8. The van der Waals surface area contributed by atoms with Crippen molar-refractivity contribution in [1.82, 2.24) is 4.98 Å². The van der Waals surface area contributed by atoms with Gasteiger partial charge in [-0.05, 0) is 25.1 Å². The van der Waals surface area contributed by atoms with Gasteiger partial charge in [0, 0.05) is 11.8 Å². The lowest BCUT2D eigenvalue weighted by Crippen LogP contribution is -2.63. The average Bonchev–Trinajstić information content (AvgIpc) is 2.62. The molecular formula is C17H19NO8S. The molecule has 0 bridgehead atoms. The van der Waals surface area contributed by atoms with Gasteiger partial charge in [-0.15, -0.1) is 0 Å². The summed E-state index contributed by atoms with van der Waals surface area (Å²) in [6.07, 6.45) is -5.00. The predicted molar refractivity (Wildman–Crippen MR) is 92.7 cm³/mol. The largest absolute Gasteiger partial charge is 0.468 e. The van der Waals surface area contributed by atoms with Gasteiger partial charge in [0.15, 0.2) is 12.2 Å². The Morgan fingerprint density at radius 2 is 1.74 bits per heavy atom. The number of para-hydroxylation sites is 1. The van der Waals surface area contributed by atoms with Crippen LogP contribution in [0.5, 0.6) is 11.6 Å². The molecule has 1 aliphatic heterocycles. The van der Waals surface area contributed by atoms with Crippen molar-refractivity contribution in [1.29, 1.82) is 0 Å². The molecule has 9 nitrogen and oxygen atoms in total. The third kappa shape index (κ3) is 4.37. The van der Waals surface area contributed by atoms with Crippen LogP contribution in [0.1, 0.15) is 5.56 Å². The molecule has 0 radical (unpaired) electrons. The quantitative estimate of drug-likeness (QED) is 0.617. The molecule has 27 heavy (non-hydrogen) atoms. The van der Waals surface area contributed by atoms with E-state index in [1.54, 1.807) is 49.4 Å². The van der Waals surface area contributed by atoms with Crippen LogP contribution < -0.4 is 9.47 Å². The molecule has 0 amide bonds. The Labute approximate surface area is 155 Å². The highest BCUT2D eigenvalue weighted by atomic mass is 32.2. The molecule has 146 valence electrons. The highest BCUT2D eigenvalue weighted by molar-refractivity contribution is 7.86. The van der Waals surface area contributed by atoms with Crippen LogP contribution in [0, 0.1) is 6.92 Å². The molecule has 1 fully saturated rings. The molecule has 3 rings (SSSR count). The van der Waals surface area contributed by atoms with E-state index in [9.17, 15) is 23.2 Å². The van der Waals surface area contributed by atoms with E-state index in [4.69, 9.17) is 14.2 Å². The topological polar surface area (TPSA) is 135 Å². The number of aliphatic hydroxyl groups excluding tert-OH is 2. The number of ether oxygens (including phenoxy) is 3. The van der Waals surface area contributed by atoms with Crippen LogP contribution in [0.3, 0.4) is 0 Å². The fraction of sp³-hybridized carbons (Fsp3) is 0.353. The van der Waals surface area contributed by atoms with Crippen LogP contribution in [-0.4, -0.2) is 58.2 Å². The zero-order chi connectivity index (χ0) is 19.6. The molecule has 1 unspecified atom stereocenters. The predicted octanol–water partition coefficient (Wildman–Crippen LogP) is 0.508. The third-order valence-corrected chi connectivity index (χ3v) is 4.97. The van der Waals surface area contributed by atoms with Gasteiger partial charge in [-0.3, -0.25) is 4.55 Å². The fourth-order valence-electron chi connectivity index (χ4n) is 2.64.